The topological polar surface area (TPSA) is 66.9 Å². The molecule has 0 saturated carbocycles. The quantitative estimate of drug-likeness (QED) is 0.656. The minimum absolute atomic E-state index is 0.0418. The Kier molecular flexibility index (Phi) is 1.43. The van der Waals surface area contributed by atoms with Crippen LogP contribution in [0.25, 0.3) is 0 Å². The SMILES string of the molecule is Cc1nc2c3c(n1)NC(=O)C3(C)CCN2. The second kappa shape index (κ2) is 2.48. The van der Waals surface area contributed by atoms with Gasteiger partial charge in [0.1, 0.15) is 17.5 Å². The Bertz CT molecular complexity index is 471. The number of rotatable bonds is 0. The summed E-state index contributed by atoms with van der Waals surface area (Å²) >= 11 is 0. The molecule has 2 aliphatic rings. The number of amides is 1. The van der Waals surface area contributed by atoms with E-state index in [2.05, 4.69) is 20.6 Å². The highest BCUT2D eigenvalue weighted by Crippen LogP contribution is 2.44. The number of carbonyl (C=O) groups excluding carboxylic acids is 1. The van der Waals surface area contributed by atoms with Gasteiger partial charge in [-0.15, -0.1) is 0 Å². The molecular formula is C10H12N4O. The highest BCUT2D eigenvalue weighted by molar-refractivity contribution is 6.06. The third-order valence-electron chi connectivity index (χ3n) is 3.22. The summed E-state index contributed by atoms with van der Waals surface area (Å²) in [7, 11) is 0. The van der Waals surface area contributed by atoms with Gasteiger partial charge in [0.2, 0.25) is 5.91 Å². The molecule has 5 heteroatoms. The van der Waals surface area contributed by atoms with Crippen LogP contribution < -0.4 is 10.6 Å². The maximum atomic E-state index is 11.9. The Morgan fingerprint density at radius 1 is 1.33 bits per heavy atom. The lowest BCUT2D eigenvalue weighted by Gasteiger charge is -2.28. The first-order chi connectivity index (χ1) is 7.11. The molecule has 1 aromatic rings. The van der Waals surface area contributed by atoms with Crippen LogP contribution in [0.3, 0.4) is 0 Å². The van der Waals surface area contributed by atoms with Crippen LogP contribution in [-0.4, -0.2) is 22.4 Å². The number of carbonyl (C=O) groups is 1. The maximum Gasteiger partial charge on any atom is 0.236 e. The third-order valence-corrected chi connectivity index (χ3v) is 3.22. The normalized spacial score (nSPS) is 26.9. The second-order valence-corrected chi connectivity index (χ2v) is 4.31. The average Bonchev–Trinajstić information content (AvgIpc) is 2.39. The summed E-state index contributed by atoms with van der Waals surface area (Å²) < 4.78 is 0. The summed E-state index contributed by atoms with van der Waals surface area (Å²) in [5.41, 5.74) is 0.494. The molecule has 5 nitrogen and oxygen atoms in total. The van der Waals surface area contributed by atoms with E-state index in [1.165, 1.54) is 0 Å². The van der Waals surface area contributed by atoms with E-state index in [0.717, 1.165) is 24.3 Å². The smallest absolute Gasteiger partial charge is 0.236 e. The van der Waals surface area contributed by atoms with E-state index in [9.17, 15) is 4.79 Å². The van der Waals surface area contributed by atoms with Crippen molar-refractivity contribution in [3.05, 3.63) is 11.4 Å². The van der Waals surface area contributed by atoms with Crippen molar-refractivity contribution in [1.82, 2.24) is 9.97 Å². The van der Waals surface area contributed by atoms with Crippen molar-refractivity contribution in [3.8, 4) is 0 Å². The van der Waals surface area contributed by atoms with E-state index in [4.69, 9.17) is 0 Å². The molecular weight excluding hydrogens is 192 g/mol. The van der Waals surface area contributed by atoms with Gasteiger partial charge in [-0.3, -0.25) is 4.79 Å². The summed E-state index contributed by atoms with van der Waals surface area (Å²) in [4.78, 5) is 20.5. The fourth-order valence-corrected chi connectivity index (χ4v) is 2.34. The lowest BCUT2D eigenvalue weighted by Crippen LogP contribution is -2.36. The Morgan fingerprint density at radius 3 is 2.87 bits per heavy atom. The van der Waals surface area contributed by atoms with Crippen LogP contribution in [0.2, 0.25) is 0 Å². The molecule has 3 heterocycles. The Labute approximate surface area is 87.3 Å². The van der Waals surface area contributed by atoms with Gasteiger partial charge in [-0.1, -0.05) is 0 Å². The van der Waals surface area contributed by atoms with E-state index >= 15 is 0 Å². The number of nitrogens with one attached hydrogen (secondary N) is 2. The van der Waals surface area contributed by atoms with Gasteiger partial charge in [0.05, 0.1) is 11.0 Å². The molecule has 2 N–H and O–H groups in total. The summed E-state index contributed by atoms with van der Waals surface area (Å²) in [5, 5.41) is 6.05. The summed E-state index contributed by atoms with van der Waals surface area (Å²) in [5.74, 6) is 2.21. The van der Waals surface area contributed by atoms with Crippen LogP contribution in [0.5, 0.6) is 0 Å². The number of aryl methyl sites for hydroxylation is 1. The largest absolute Gasteiger partial charge is 0.370 e. The molecule has 0 spiro atoms. The number of hydrogen-bond donors (Lipinski definition) is 2. The minimum Gasteiger partial charge on any atom is -0.370 e. The standard InChI is InChI=1S/C10H12N4O/c1-5-12-7-6-8(13-5)14-9(15)10(6,2)3-4-11-7/h3-4H2,1-2H3,(H2,11,12,13,14,15). The molecule has 15 heavy (non-hydrogen) atoms. The van der Waals surface area contributed by atoms with Gasteiger partial charge in [-0.25, -0.2) is 9.97 Å². The summed E-state index contributed by atoms with van der Waals surface area (Å²) in [6.07, 6.45) is 0.797. The Hall–Kier alpha value is -1.65. The molecule has 0 saturated heterocycles. The number of hydrogen-bond acceptors (Lipinski definition) is 4. The van der Waals surface area contributed by atoms with Gasteiger partial charge in [-0.05, 0) is 20.3 Å². The fourth-order valence-electron chi connectivity index (χ4n) is 2.34. The number of aromatic nitrogens is 2. The van der Waals surface area contributed by atoms with Crippen molar-refractivity contribution in [2.75, 3.05) is 17.2 Å². The predicted octanol–water partition coefficient (Wildman–Crippen LogP) is 0.810. The molecule has 1 amide bonds. The van der Waals surface area contributed by atoms with Crippen molar-refractivity contribution < 1.29 is 4.79 Å². The Morgan fingerprint density at radius 2 is 2.07 bits per heavy atom. The predicted molar refractivity (Wildman–Crippen MR) is 55.9 cm³/mol. The van der Waals surface area contributed by atoms with Crippen LogP contribution in [0.4, 0.5) is 11.6 Å². The molecule has 3 rings (SSSR count). The monoisotopic (exact) mass is 204 g/mol. The van der Waals surface area contributed by atoms with E-state index in [0.29, 0.717) is 11.6 Å². The molecule has 0 bridgehead atoms. The van der Waals surface area contributed by atoms with Crippen molar-refractivity contribution in [3.63, 3.8) is 0 Å². The van der Waals surface area contributed by atoms with E-state index in [-0.39, 0.29) is 5.91 Å². The zero-order valence-electron chi connectivity index (χ0n) is 8.72. The van der Waals surface area contributed by atoms with Crippen molar-refractivity contribution in [1.29, 1.82) is 0 Å². The lowest BCUT2D eigenvalue weighted by atomic mass is 9.79. The summed E-state index contributed by atoms with van der Waals surface area (Å²) in [6, 6.07) is 0. The zero-order chi connectivity index (χ0) is 10.6. The van der Waals surface area contributed by atoms with Crippen LogP contribution >= 0.6 is 0 Å². The molecule has 0 aromatic carbocycles. The first kappa shape index (κ1) is 8.64. The second-order valence-electron chi connectivity index (χ2n) is 4.31. The fraction of sp³-hybridized carbons (Fsp3) is 0.500. The van der Waals surface area contributed by atoms with Gasteiger partial charge >= 0.3 is 0 Å². The Balaban J connectivity index is 2.32. The van der Waals surface area contributed by atoms with Crippen LogP contribution in [0.1, 0.15) is 24.7 Å². The molecule has 0 fully saturated rings. The first-order valence-electron chi connectivity index (χ1n) is 5.06. The molecule has 1 atom stereocenters. The van der Waals surface area contributed by atoms with E-state index in [1.54, 1.807) is 0 Å². The average molecular weight is 204 g/mol. The van der Waals surface area contributed by atoms with Crippen molar-refractivity contribution in [2.45, 2.75) is 25.7 Å². The van der Waals surface area contributed by atoms with Crippen LogP contribution in [0.15, 0.2) is 0 Å². The molecule has 1 unspecified atom stereocenters. The summed E-state index contributed by atoms with van der Waals surface area (Å²) in [6.45, 7) is 4.57. The van der Waals surface area contributed by atoms with Crippen molar-refractivity contribution in [2.24, 2.45) is 0 Å². The highest BCUT2D eigenvalue weighted by atomic mass is 16.2. The van der Waals surface area contributed by atoms with E-state index < -0.39 is 5.41 Å². The minimum atomic E-state index is -0.441. The van der Waals surface area contributed by atoms with Crippen LogP contribution in [-0.2, 0) is 10.2 Å². The molecule has 0 radical (unpaired) electrons. The third kappa shape index (κ3) is 0.948. The van der Waals surface area contributed by atoms with Gasteiger partial charge in [-0.2, -0.15) is 0 Å². The number of nitrogens with zero attached hydrogens (tertiary/aromatic N) is 2. The van der Waals surface area contributed by atoms with Gasteiger partial charge in [0.25, 0.3) is 0 Å². The van der Waals surface area contributed by atoms with Gasteiger partial charge in [0.15, 0.2) is 0 Å². The van der Waals surface area contributed by atoms with Gasteiger partial charge < -0.3 is 10.6 Å². The molecule has 1 aromatic heterocycles. The maximum absolute atomic E-state index is 11.9. The lowest BCUT2D eigenvalue weighted by molar-refractivity contribution is -0.120. The molecule has 2 aliphatic heterocycles. The van der Waals surface area contributed by atoms with E-state index in [1.807, 2.05) is 13.8 Å². The van der Waals surface area contributed by atoms with Crippen molar-refractivity contribution >= 4 is 17.5 Å². The number of anilines is 2. The zero-order valence-corrected chi connectivity index (χ0v) is 8.72. The molecule has 0 aliphatic carbocycles. The molecule has 78 valence electrons. The first-order valence-corrected chi connectivity index (χ1v) is 5.06. The van der Waals surface area contributed by atoms with Gasteiger partial charge in [0, 0.05) is 6.54 Å². The van der Waals surface area contributed by atoms with Crippen LogP contribution in [0, 0.1) is 6.92 Å². The highest BCUT2D eigenvalue weighted by Gasteiger charge is 2.47.